The lowest BCUT2D eigenvalue weighted by atomic mass is 10.2. The molecule has 0 bridgehead atoms. The number of H-pyrrole nitrogens is 1. The molecule has 94 valence electrons. The molecule has 0 aromatic carbocycles. The van der Waals surface area contributed by atoms with Crippen LogP contribution in [0, 0.1) is 13.8 Å². The molecule has 0 spiro atoms. The minimum absolute atomic E-state index is 0.198. The van der Waals surface area contributed by atoms with Crippen LogP contribution in [0.3, 0.4) is 0 Å². The Morgan fingerprint density at radius 2 is 2.22 bits per heavy atom. The van der Waals surface area contributed by atoms with Crippen molar-refractivity contribution in [2.75, 3.05) is 11.1 Å². The molecule has 4 N–H and O–H groups in total. The molecule has 0 aliphatic carbocycles. The number of halogens is 1. The van der Waals surface area contributed by atoms with Crippen molar-refractivity contribution in [2.45, 2.75) is 13.8 Å². The van der Waals surface area contributed by atoms with E-state index < -0.39 is 0 Å². The Morgan fingerprint density at radius 1 is 1.50 bits per heavy atom. The summed E-state index contributed by atoms with van der Waals surface area (Å²) in [5.74, 6) is -0.110. The lowest BCUT2D eigenvalue weighted by Crippen LogP contribution is -2.13. The summed E-state index contributed by atoms with van der Waals surface area (Å²) in [6, 6.07) is 1.48. The molecule has 0 aliphatic heterocycles. The first-order valence-corrected chi connectivity index (χ1v) is 5.60. The van der Waals surface area contributed by atoms with E-state index in [1.54, 1.807) is 6.92 Å². The van der Waals surface area contributed by atoms with Gasteiger partial charge in [0.25, 0.3) is 5.91 Å². The Balaban J connectivity index is 2.25. The predicted octanol–water partition coefficient (Wildman–Crippen LogP) is 1.91. The van der Waals surface area contributed by atoms with E-state index in [4.69, 9.17) is 17.3 Å². The number of hydrogen-bond acceptors (Lipinski definition) is 4. The SMILES string of the molecule is Cc1n[nH]c(C)c1NC(=O)c1cnc(N)c(Cl)c1. The van der Waals surface area contributed by atoms with Crippen LogP contribution >= 0.6 is 11.6 Å². The van der Waals surface area contributed by atoms with Crippen molar-refractivity contribution >= 4 is 29.0 Å². The van der Waals surface area contributed by atoms with Crippen molar-refractivity contribution in [1.82, 2.24) is 15.2 Å². The zero-order chi connectivity index (χ0) is 13.3. The minimum atomic E-state index is -0.308. The van der Waals surface area contributed by atoms with Crippen molar-refractivity contribution in [3.05, 3.63) is 34.2 Å². The molecule has 18 heavy (non-hydrogen) atoms. The molecule has 2 rings (SSSR count). The number of amides is 1. The molecule has 0 saturated heterocycles. The first kappa shape index (κ1) is 12.4. The molecule has 7 heteroatoms. The number of anilines is 2. The normalized spacial score (nSPS) is 10.4. The molecule has 0 saturated carbocycles. The number of hydrogen-bond donors (Lipinski definition) is 3. The number of carbonyl (C=O) groups is 1. The summed E-state index contributed by atoms with van der Waals surface area (Å²) in [7, 11) is 0. The average Bonchev–Trinajstić information content (AvgIpc) is 2.64. The highest BCUT2D eigenvalue weighted by Gasteiger charge is 2.13. The first-order chi connectivity index (χ1) is 8.49. The number of nitrogen functional groups attached to an aromatic ring is 1. The molecular formula is C11H12ClN5O. The van der Waals surface area contributed by atoms with Gasteiger partial charge in [0.2, 0.25) is 0 Å². The van der Waals surface area contributed by atoms with E-state index in [0.29, 0.717) is 11.3 Å². The van der Waals surface area contributed by atoms with Gasteiger partial charge in [-0.05, 0) is 19.9 Å². The Hall–Kier alpha value is -2.08. The molecule has 6 nitrogen and oxygen atoms in total. The molecule has 2 aromatic heterocycles. The monoisotopic (exact) mass is 265 g/mol. The number of aryl methyl sites for hydroxylation is 2. The molecular weight excluding hydrogens is 254 g/mol. The van der Waals surface area contributed by atoms with E-state index in [1.807, 2.05) is 6.92 Å². The summed E-state index contributed by atoms with van der Waals surface area (Å²) in [5, 5.41) is 9.78. The summed E-state index contributed by atoms with van der Waals surface area (Å²) < 4.78 is 0. The van der Waals surface area contributed by atoms with Crippen molar-refractivity contribution in [2.24, 2.45) is 0 Å². The van der Waals surface area contributed by atoms with Crippen LogP contribution in [0.4, 0.5) is 11.5 Å². The van der Waals surface area contributed by atoms with E-state index in [-0.39, 0.29) is 16.7 Å². The van der Waals surface area contributed by atoms with Crippen molar-refractivity contribution in [3.8, 4) is 0 Å². The van der Waals surface area contributed by atoms with Gasteiger partial charge < -0.3 is 11.1 Å². The molecule has 2 aromatic rings. The fourth-order valence-electron chi connectivity index (χ4n) is 1.49. The van der Waals surface area contributed by atoms with Crippen molar-refractivity contribution < 1.29 is 4.79 Å². The molecule has 0 fully saturated rings. The average molecular weight is 266 g/mol. The second-order valence-corrected chi connectivity index (χ2v) is 4.26. The number of nitrogens with one attached hydrogen (secondary N) is 2. The maximum Gasteiger partial charge on any atom is 0.257 e. The number of rotatable bonds is 2. The van der Waals surface area contributed by atoms with E-state index in [2.05, 4.69) is 20.5 Å². The third-order valence-electron chi connectivity index (χ3n) is 2.50. The lowest BCUT2D eigenvalue weighted by Gasteiger charge is -2.06. The number of carbonyl (C=O) groups excluding carboxylic acids is 1. The van der Waals surface area contributed by atoms with Gasteiger partial charge in [-0.2, -0.15) is 5.10 Å². The highest BCUT2D eigenvalue weighted by Crippen LogP contribution is 2.20. The van der Waals surface area contributed by atoms with Gasteiger partial charge in [0.1, 0.15) is 5.82 Å². The van der Waals surface area contributed by atoms with Gasteiger partial charge >= 0.3 is 0 Å². The van der Waals surface area contributed by atoms with Crippen LogP contribution < -0.4 is 11.1 Å². The topological polar surface area (TPSA) is 96.7 Å². The summed E-state index contributed by atoms with van der Waals surface area (Å²) in [4.78, 5) is 15.8. The number of aromatic nitrogens is 3. The summed E-state index contributed by atoms with van der Waals surface area (Å²) >= 11 is 5.82. The van der Waals surface area contributed by atoms with Crippen LogP contribution in [0.15, 0.2) is 12.3 Å². The van der Waals surface area contributed by atoms with Crippen molar-refractivity contribution in [3.63, 3.8) is 0 Å². The second kappa shape index (κ2) is 4.66. The molecule has 0 unspecified atom stereocenters. The first-order valence-electron chi connectivity index (χ1n) is 5.23. The molecule has 1 amide bonds. The molecule has 0 radical (unpaired) electrons. The fraction of sp³-hybridized carbons (Fsp3) is 0.182. The van der Waals surface area contributed by atoms with Crippen molar-refractivity contribution in [1.29, 1.82) is 0 Å². The number of aromatic amines is 1. The van der Waals surface area contributed by atoms with Crippen LogP contribution in [-0.4, -0.2) is 21.1 Å². The largest absolute Gasteiger partial charge is 0.382 e. The van der Waals surface area contributed by atoms with Crippen LogP contribution in [0.5, 0.6) is 0 Å². The van der Waals surface area contributed by atoms with Gasteiger partial charge in [0, 0.05) is 6.20 Å². The van der Waals surface area contributed by atoms with Crippen LogP contribution in [0.2, 0.25) is 5.02 Å². The Kier molecular flexibility index (Phi) is 3.20. The van der Waals surface area contributed by atoms with Crippen LogP contribution in [0.25, 0.3) is 0 Å². The van der Waals surface area contributed by atoms with E-state index in [9.17, 15) is 4.79 Å². The van der Waals surface area contributed by atoms with Gasteiger partial charge in [-0.15, -0.1) is 0 Å². The Bertz CT molecular complexity index is 588. The van der Waals surface area contributed by atoms with Gasteiger partial charge in [-0.1, -0.05) is 11.6 Å². The molecule has 2 heterocycles. The second-order valence-electron chi connectivity index (χ2n) is 3.85. The van der Waals surface area contributed by atoms with Gasteiger partial charge in [0.05, 0.1) is 27.7 Å². The summed E-state index contributed by atoms with van der Waals surface area (Å²) in [5.41, 5.74) is 7.99. The summed E-state index contributed by atoms with van der Waals surface area (Å²) in [6.07, 6.45) is 1.38. The zero-order valence-electron chi connectivity index (χ0n) is 9.91. The highest BCUT2D eigenvalue weighted by molar-refractivity contribution is 6.33. The number of nitrogens with two attached hydrogens (primary N) is 1. The fourth-order valence-corrected chi connectivity index (χ4v) is 1.66. The van der Waals surface area contributed by atoms with Crippen LogP contribution in [-0.2, 0) is 0 Å². The predicted molar refractivity (Wildman–Crippen MR) is 69.7 cm³/mol. The van der Waals surface area contributed by atoms with Gasteiger partial charge in [0.15, 0.2) is 0 Å². The van der Waals surface area contributed by atoms with Gasteiger partial charge in [-0.3, -0.25) is 9.89 Å². The highest BCUT2D eigenvalue weighted by atomic mass is 35.5. The van der Waals surface area contributed by atoms with E-state index >= 15 is 0 Å². The maximum absolute atomic E-state index is 12.0. The standard InChI is InChI=1S/C11H12ClN5O/c1-5-9(6(2)17-16-5)15-11(18)7-3-8(12)10(13)14-4-7/h3-4H,1-2H3,(H2,13,14)(H,15,18)(H,16,17). The third kappa shape index (κ3) is 2.28. The van der Waals surface area contributed by atoms with E-state index in [1.165, 1.54) is 12.3 Å². The molecule has 0 atom stereocenters. The molecule has 0 aliphatic rings. The summed E-state index contributed by atoms with van der Waals surface area (Å²) in [6.45, 7) is 3.62. The number of pyridine rings is 1. The third-order valence-corrected chi connectivity index (χ3v) is 2.80. The van der Waals surface area contributed by atoms with E-state index in [0.717, 1.165) is 11.4 Å². The minimum Gasteiger partial charge on any atom is -0.382 e. The van der Waals surface area contributed by atoms with Crippen LogP contribution in [0.1, 0.15) is 21.7 Å². The lowest BCUT2D eigenvalue weighted by molar-refractivity contribution is 0.102. The quantitative estimate of drug-likeness (QED) is 0.773. The van der Waals surface area contributed by atoms with Gasteiger partial charge in [-0.25, -0.2) is 4.98 Å². The Morgan fingerprint density at radius 3 is 2.78 bits per heavy atom. The number of nitrogens with zero attached hydrogens (tertiary/aromatic N) is 2. The Labute approximate surface area is 109 Å². The smallest absolute Gasteiger partial charge is 0.257 e. The zero-order valence-corrected chi connectivity index (χ0v) is 10.7. The maximum atomic E-state index is 12.0.